The normalized spacial score (nSPS) is 11.2. The van der Waals surface area contributed by atoms with E-state index < -0.39 is 0 Å². The van der Waals surface area contributed by atoms with Crippen LogP contribution in [0.3, 0.4) is 0 Å². The van der Waals surface area contributed by atoms with E-state index in [-0.39, 0.29) is 0 Å². The summed E-state index contributed by atoms with van der Waals surface area (Å²) < 4.78 is 2.42. The van der Waals surface area contributed by atoms with Crippen LogP contribution < -0.4 is 4.90 Å². The first-order chi connectivity index (χ1) is 24.8. The largest absolute Gasteiger partial charge is 0.310 e. The first kappa shape index (κ1) is 29.5. The van der Waals surface area contributed by atoms with E-state index in [4.69, 9.17) is 0 Å². The second-order valence-electron chi connectivity index (χ2n) is 12.6. The average Bonchev–Trinajstić information content (AvgIpc) is 3.52. The topological polar surface area (TPSA) is 8.17 Å². The van der Waals surface area contributed by atoms with Gasteiger partial charge in [-0.2, -0.15) is 0 Å². The van der Waals surface area contributed by atoms with Crippen molar-refractivity contribution >= 4 is 38.9 Å². The van der Waals surface area contributed by atoms with E-state index >= 15 is 0 Å². The highest BCUT2D eigenvalue weighted by molar-refractivity contribution is 6.11. The zero-order valence-corrected chi connectivity index (χ0v) is 27.5. The van der Waals surface area contributed by atoms with Crippen LogP contribution in [0.1, 0.15) is 0 Å². The first-order valence-corrected chi connectivity index (χ1v) is 17.1. The van der Waals surface area contributed by atoms with Crippen molar-refractivity contribution in [3.8, 4) is 39.1 Å². The van der Waals surface area contributed by atoms with Gasteiger partial charge in [0.2, 0.25) is 0 Å². The molecule has 0 spiro atoms. The Bertz CT molecular complexity index is 2490. The van der Waals surface area contributed by atoms with Crippen LogP contribution in [0.5, 0.6) is 0 Å². The van der Waals surface area contributed by atoms with Crippen molar-refractivity contribution < 1.29 is 0 Å². The molecule has 50 heavy (non-hydrogen) atoms. The molecular formula is C48H34N2. The highest BCUT2D eigenvalue weighted by Gasteiger charge is 2.19. The van der Waals surface area contributed by atoms with Crippen LogP contribution in [0.15, 0.2) is 206 Å². The summed E-state index contributed by atoms with van der Waals surface area (Å²) in [5.41, 5.74) is 14.0. The van der Waals surface area contributed by atoms with Gasteiger partial charge in [0.1, 0.15) is 0 Å². The molecule has 1 aromatic heterocycles. The zero-order chi connectivity index (χ0) is 33.3. The lowest BCUT2D eigenvalue weighted by atomic mass is 10.0. The molecule has 9 rings (SSSR count). The Morgan fingerprint density at radius 2 is 0.680 bits per heavy atom. The Morgan fingerprint density at radius 1 is 0.280 bits per heavy atom. The number of benzene rings is 8. The highest BCUT2D eigenvalue weighted by atomic mass is 15.1. The van der Waals surface area contributed by atoms with Gasteiger partial charge >= 0.3 is 0 Å². The SMILES string of the molecule is c1ccc(-c2cccc(N(c3cccc(-c4ccccc4)c3)c3ccc4c5ccc(-c6ccccc6)cc5n(-c5ccccc5)c4c3)c2)cc1. The Kier molecular flexibility index (Phi) is 7.53. The number of nitrogens with zero attached hydrogens (tertiary/aromatic N) is 2. The van der Waals surface area contributed by atoms with Gasteiger partial charge in [-0.3, -0.25) is 0 Å². The van der Waals surface area contributed by atoms with Crippen LogP contribution in [0.4, 0.5) is 17.1 Å². The van der Waals surface area contributed by atoms with Crippen LogP contribution in [0, 0.1) is 0 Å². The van der Waals surface area contributed by atoms with Gasteiger partial charge in [-0.05, 0) is 88.0 Å². The molecule has 9 aromatic rings. The van der Waals surface area contributed by atoms with Crippen molar-refractivity contribution in [3.63, 3.8) is 0 Å². The summed E-state index contributed by atoms with van der Waals surface area (Å²) in [6.07, 6.45) is 0. The van der Waals surface area contributed by atoms with Crippen molar-refractivity contribution in [2.24, 2.45) is 0 Å². The van der Waals surface area contributed by atoms with Gasteiger partial charge < -0.3 is 9.47 Å². The first-order valence-electron chi connectivity index (χ1n) is 17.1. The predicted molar refractivity (Wildman–Crippen MR) is 212 cm³/mol. The van der Waals surface area contributed by atoms with Gasteiger partial charge in [-0.15, -0.1) is 0 Å². The molecule has 2 nitrogen and oxygen atoms in total. The molecule has 0 saturated carbocycles. The standard InChI is InChI=1S/C48H34N2/c1-5-15-35(16-6-1)38-21-13-25-42(31-38)49(43-26-14-22-39(32-43)36-17-7-2-8-18-36)44-28-30-46-45-29-27-40(37-19-9-3-10-20-37)33-47(45)50(48(46)34-44)41-23-11-4-12-24-41/h1-34H. The maximum absolute atomic E-state index is 2.42. The minimum Gasteiger partial charge on any atom is -0.310 e. The summed E-state index contributed by atoms with van der Waals surface area (Å²) >= 11 is 0. The zero-order valence-electron chi connectivity index (χ0n) is 27.5. The van der Waals surface area contributed by atoms with Crippen LogP contribution in [-0.2, 0) is 0 Å². The minimum absolute atomic E-state index is 1.09. The van der Waals surface area contributed by atoms with Crippen LogP contribution >= 0.6 is 0 Å². The number of para-hydroxylation sites is 1. The monoisotopic (exact) mass is 638 g/mol. The summed E-state index contributed by atoms with van der Waals surface area (Å²) in [6.45, 7) is 0. The molecule has 0 N–H and O–H groups in total. The minimum atomic E-state index is 1.09. The van der Waals surface area contributed by atoms with Crippen LogP contribution in [-0.4, -0.2) is 4.57 Å². The van der Waals surface area contributed by atoms with Crippen molar-refractivity contribution in [2.75, 3.05) is 4.90 Å². The summed E-state index contributed by atoms with van der Waals surface area (Å²) in [5.74, 6) is 0. The van der Waals surface area contributed by atoms with E-state index in [1.807, 2.05) is 0 Å². The third-order valence-electron chi connectivity index (χ3n) is 9.55. The quantitative estimate of drug-likeness (QED) is 0.169. The summed E-state index contributed by atoms with van der Waals surface area (Å²) in [7, 11) is 0. The highest BCUT2D eigenvalue weighted by Crippen LogP contribution is 2.42. The number of hydrogen-bond acceptors (Lipinski definition) is 1. The summed E-state index contributed by atoms with van der Waals surface area (Å²) in [4.78, 5) is 2.39. The lowest BCUT2D eigenvalue weighted by Crippen LogP contribution is -2.10. The molecule has 0 unspecified atom stereocenters. The van der Waals surface area contributed by atoms with Gasteiger partial charge in [-0.25, -0.2) is 0 Å². The number of hydrogen-bond donors (Lipinski definition) is 0. The lowest BCUT2D eigenvalue weighted by Gasteiger charge is -2.27. The fraction of sp³-hybridized carbons (Fsp3) is 0. The summed E-state index contributed by atoms with van der Waals surface area (Å²) in [5, 5.41) is 2.46. The smallest absolute Gasteiger partial charge is 0.0561 e. The second kappa shape index (κ2) is 12.8. The molecule has 0 radical (unpaired) electrons. The number of aromatic nitrogens is 1. The third kappa shape index (κ3) is 5.43. The van der Waals surface area contributed by atoms with Gasteiger partial charge in [0.25, 0.3) is 0 Å². The molecule has 2 heteroatoms. The summed E-state index contributed by atoms with van der Waals surface area (Å²) in [6, 6.07) is 74.1. The molecule has 0 fully saturated rings. The molecule has 0 atom stereocenters. The lowest BCUT2D eigenvalue weighted by molar-refractivity contribution is 1.18. The van der Waals surface area contributed by atoms with Crippen LogP contribution in [0.25, 0.3) is 60.9 Å². The molecule has 0 bridgehead atoms. The molecule has 1 heterocycles. The van der Waals surface area contributed by atoms with E-state index in [9.17, 15) is 0 Å². The van der Waals surface area contributed by atoms with E-state index in [1.165, 1.54) is 49.7 Å². The predicted octanol–water partition coefficient (Wildman–Crippen LogP) is 13.3. The molecule has 0 aliphatic carbocycles. The molecule has 8 aromatic carbocycles. The average molecular weight is 639 g/mol. The Labute approximate surface area is 292 Å². The van der Waals surface area contributed by atoms with Gasteiger partial charge in [-0.1, -0.05) is 152 Å². The van der Waals surface area contributed by atoms with Crippen molar-refractivity contribution in [1.82, 2.24) is 4.57 Å². The van der Waals surface area contributed by atoms with E-state index in [0.717, 1.165) is 28.3 Å². The van der Waals surface area contributed by atoms with Gasteiger partial charge in [0.05, 0.1) is 11.0 Å². The fourth-order valence-corrected chi connectivity index (χ4v) is 7.17. The second-order valence-corrected chi connectivity index (χ2v) is 12.6. The molecular weight excluding hydrogens is 605 g/mol. The molecule has 236 valence electrons. The van der Waals surface area contributed by atoms with Gasteiger partial charge in [0.15, 0.2) is 0 Å². The number of anilines is 3. The Balaban J connectivity index is 1.28. The third-order valence-corrected chi connectivity index (χ3v) is 9.55. The maximum atomic E-state index is 2.42. The van der Waals surface area contributed by atoms with Gasteiger partial charge in [0, 0.05) is 33.5 Å². The maximum Gasteiger partial charge on any atom is 0.0561 e. The number of rotatable bonds is 7. The number of fused-ring (bicyclic) bond motifs is 3. The Hall–Kier alpha value is -6.64. The Morgan fingerprint density at radius 3 is 1.20 bits per heavy atom. The molecule has 0 amide bonds. The molecule has 0 aliphatic heterocycles. The van der Waals surface area contributed by atoms with E-state index in [1.54, 1.807) is 0 Å². The van der Waals surface area contributed by atoms with Crippen molar-refractivity contribution in [2.45, 2.75) is 0 Å². The van der Waals surface area contributed by atoms with Crippen LogP contribution in [0.2, 0.25) is 0 Å². The van der Waals surface area contributed by atoms with Crippen molar-refractivity contribution in [3.05, 3.63) is 206 Å². The van der Waals surface area contributed by atoms with Crippen molar-refractivity contribution in [1.29, 1.82) is 0 Å². The fourth-order valence-electron chi connectivity index (χ4n) is 7.17. The van der Waals surface area contributed by atoms with E-state index in [2.05, 4.69) is 216 Å². The van der Waals surface area contributed by atoms with E-state index in [0.29, 0.717) is 0 Å². The molecule has 0 saturated heterocycles. The molecule has 0 aliphatic rings.